The molecule has 1 aliphatic heterocycles. The molecule has 1 N–H and O–H groups in total. The molecule has 0 amide bonds. The molecule has 326 valence electrons. The van der Waals surface area contributed by atoms with Crippen molar-refractivity contribution in [3.8, 4) is 11.5 Å². The number of aromatic nitrogens is 2. The lowest BCUT2D eigenvalue weighted by molar-refractivity contribution is -0.110. The smallest absolute Gasteiger partial charge is 0.330 e. The van der Waals surface area contributed by atoms with E-state index in [0.717, 1.165) is 16.7 Å². The fourth-order valence-electron chi connectivity index (χ4n) is 7.18. The van der Waals surface area contributed by atoms with E-state index in [2.05, 4.69) is 37.3 Å². The first-order valence-corrected chi connectivity index (χ1v) is 22.2. The minimum atomic E-state index is -1.79. The highest BCUT2D eigenvalue weighted by Crippen LogP contribution is 2.51. The summed E-state index contributed by atoms with van der Waals surface area (Å²) in [5.41, 5.74) is 0.0961. The van der Waals surface area contributed by atoms with E-state index in [9.17, 15) is 14.4 Å². The summed E-state index contributed by atoms with van der Waals surface area (Å²) in [5, 5.41) is 0.123. The number of hydrogen-bond donors (Lipinski definition) is 1. The lowest BCUT2D eigenvalue weighted by atomic mass is 9.80. The molecular formula is C44H58N3O11PS. The van der Waals surface area contributed by atoms with Gasteiger partial charge in [0.05, 0.1) is 40.6 Å². The van der Waals surface area contributed by atoms with E-state index in [1.807, 2.05) is 85.8 Å². The number of nitrogens with zero attached hydrogens (tertiary/aromatic N) is 2. The van der Waals surface area contributed by atoms with Crippen molar-refractivity contribution in [3.05, 3.63) is 129 Å². The van der Waals surface area contributed by atoms with Gasteiger partial charge in [-0.2, -0.15) is 0 Å². The molecule has 5 rings (SSSR count). The molecular weight excluding hydrogens is 810 g/mol. The van der Waals surface area contributed by atoms with Gasteiger partial charge in [0.1, 0.15) is 35.4 Å². The third kappa shape index (κ3) is 11.5. The molecule has 0 spiro atoms. The highest BCUT2D eigenvalue weighted by molar-refractivity contribution is 8.13. The summed E-state index contributed by atoms with van der Waals surface area (Å²) in [6.07, 6.45) is -1.68. The first kappa shape index (κ1) is 47.2. The van der Waals surface area contributed by atoms with E-state index in [0.29, 0.717) is 30.3 Å². The van der Waals surface area contributed by atoms with Crippen LogP contribution < -0.4 is 20.7 Å². The summed E-state index contributed by atoms with van der Waals surface area (Å²) in [6.45, 7) is 11.0. The lowest BCUT2D eigenvalue weighted by Crippen LogP contribution is -2.43. The van der Waals surface area contributed by atoms with Gasteiger partial charge in [-0.25, -0.2) is 9.46 Å². The Balaban J connectivity index is 1.56. The predicted molar refractivity (Wildman–Crippen MR) is 233 cm³/mol. The molecule has 1 aliphatic rings. The topological polar surface area (TPSA) is 149 Å². The van der Waals surface area contributed by atoms with E-state index in [-0.39, 0.29) is 37.0 Å². The van der Waals surface area contributed by atoms with Gasteiger partial charge in [0, 0.05) is 43.6 Å². The number of nitrogens with one attached hydrogen (secondary N) is 1. The molecule has 2 heterocycles. The van der Waals surface area contributed by atoms with Crippen LogP contribution in [0, 0.1) is 0 Å². The van der Waals surface area contributed by atoms with Gasteiger partial charge in [-0.1, -0.05) is 73.3 Å². The summed E-state index contributed by atoms with van der Waals surface area (Å²) >= 11 is 1.25. The summed E-state index contributed by atoms with van der Waals surface area (Å²) < 4.78 is 54.1. The van der Waals surface area contributed by atoms with E-state index in [1.165, 1.54) is 35.7 Å². The Morgan fingerprint density at radius 3 is 1.97 bits per heavy atom. The molecule has 14 nitrogen and oxygen atoms in total. The Kier molecular flexibility index (Phi) is 17.9. The number of methoxy groups -OCH3 is 3. The van der Waals surface area contributed by atoms with Crippen LogP contribution in [0.3, 0.4) is 0 Å². The minimum absolute atomic E-state index is 0.0139. The quantitative estimate of drug-likeness (QED) is 0.0468. The van der Waals surface area contributed by atoms with Gasteiger partial charge in [-0.15, -0.1) is 0 Å². The number of benzene rings is 3. The molecule has 60 heavy (non-hydrogen) atoms. The van der Waals surface area contributed by atoms with Crippen LogP contribution >= 0.6 is 20.3 Å². The molecule has 1 aromatic heterocycles. The SMILES string of the molecule is CCC(=O)SCCOCCOP(O[C@@H]1[C@@H](COC(c2ccccc2)(c2ccc(OC)cc2)c2ccc(OC)cc2)OC(n2ccc(=O)[nH]c2=O)[C@@H]1OC)N(C(C)C)C(C)C. The number of hydrogen-bond acceptors (Lipinski definition) is 13. The second-order valence-electron chi connectivity index (χ2n) is 14.5. The number of carbonyl (C=O) groups is 1. The van der Waals surface area contributed by atoms with Crippen LogP contribution in [0.5, 0.6) is 11.5 Å². The Bertz CT molecular complexity index is 1980. The molecule has 4 aromatic rings. The monoisotopic (exact) mass is 867 g/mol. The number of rotatable bonds is 23. The number of carbonyl (C=O) groups excluding carboxylic acids is 1. The summed E-state index contributed by atoms with van der Waals surface area (Å²) in [5.74, 6) is 1.93. The number of ether oxygens (including phenoxy) is 6. The second-order valence-corrected chi connectivity index (χ2v) is 17.1. The molecule has 5 atom stereocenters. The zero-order chi connectivity index (χ0) is 43.2. The fourth-order valence-corrected chi connectivity index (χ4v) is 9.56. The molecule has 0 radical (unpaired) electrons. The van der Waals surface area contributed by atoms with Gasteiger partial charge in [0.2, 0.25) is 0 Å². The van der Waals surface area contributed by atoms with Crippen LogP contribution in [0.25, 0.3) is 0 Å². The maximum Gasteiger partial charge on any atom is 0.330 e. The van der Waals surface area contributed by atoms with Gasteiger partial charge in [-0.05, 0) is 68.7 Å². The van der Waals surface area contributed by atoms with E-state index in [1.54, 1.807) is 14.2 Å². The summed E-state index contributed by atoms with van der Waals surface area (Å²) in [6, 6.07) is 26.6. The molecule has 1 fully saturated rings. The van der Waals surface area contributed by atoms with Crippen molar-refractivity contribution in [2.24, 2.45) is 0 Å². The van der Waals surface area contributed by atoms with Crippen molar-refractivity contribution in [3.63, 3.8) is 0 Å². The van der Waals surface area contributed by atoms with Crippen LogP contribution in [0.4, 0.5) is 0 Å². The summed E-state index contributed by atoms with van der Waals surface area (Å²) in [4.78, 5) is 39.5. The first-order valence-electron chi connectivity index (χ1n) is 20.1. The van der Waals surface area contributed by atoms with Crippen LogP contribution in [-0.4, -0.2) is 103 Å². The molecule has 2 unspecified atom stereocenters. The average Bonchev–Trinajstić information content (AvgIpc) is 3.59. The Morgan fingerprint density at radius 1 is 0.833 bits per heavy atom. The molecule has 3 aromatic carbocycles. The fraction of sp³-hybridized carbons (Fsp3) is 0.477. The van der Waals surface area contributed by atoms with Crippen molar-refractivity contribution in [1.29, 1.82) is 0 Å². The molecule has 0 aliphatic carbocycles. The molecule has 1 saturated heterocycles. The normalized spacial score (nSPS) is 18.6. The van der Waals surface area contributed by atoms with Crippen molar-refractivity contribution in [2.75, 3.05) is 53.5 Å². The van der Waals surface area contributed by atoms with Gasteiger partial charge in [0.25, 0.3) is 14.1 Å². The second kappa shape index (κ2) is 22.8. The standard InChI is InChI=1S/C44H58N3O11PS/c1-9-39(49)60-28-27-54-25-26-56-59(47(30(2)3)31(4)5)58-40-37(57-42(41(40)53-8)46-24-23-38(48)45-43(46)50)29-55-44(32-13-11-10-12-14-32,33-15-19-35(51-6)20-16-33)34-17-21-36(52-7)22-18-34/h10-24,30-31,37,40-42H,9,25-29H2,1-8H3,(H,45,48,50)/t37-,40-,41-,42?,59?/m1/s1. The molecule has 0 bridgehead atoms. The minimum Gasteiger partial charge on any atom is -0.497 e. The van der Waals surface area contributed by atoms with Crippen molar-refractivity contribution in [1.82, 2.24) is 14.2 Å². The van der Waals surface area contributed by atoms with E-state index in [4.69, 9.17) is 37.5 Å². The third-order valence-corrected chi connectivity index (χ3v) is 13.1. The highest BCUT2D eigenvalue weighted by Gasteiger charge is 2.51. The number of H-pyrrole nitrogens is 1. The Morgan fingerprint density at radius 2 is 1.43 bits per heavy atom. The van der Waals surface area contributed by atoms with Crippen molar-refractivity contribution >= 4 is 25.4 Å². The van der Waals surface area contributed by atoms with Gasteiger partial charge >= 0.3 is 5.69 Å². The molecule has 0 saturated carbocycles. The van der Waals surface area contributed by atoms with E-state index < -0.39 is 49.9 Å². The summed E-state index contributed by atoms with van der Waals surface area (Å²) in [7, 11) is 2.98. The lowest BCUT2D eigenvalue weighted by Gasteiger charge is -2.39. The van der Waals surface area contributed by atoms with Gasteiger partial charge in [-0.3, -0.25) is 19.1 Å². The largest absolute Gasteiger partial charge is 0.497 e. The third-order valence-electron chi connectivity index (χ3n) is 9.99. The zero-order valence-corrected chi connectivity index (χ0v) is 37.3. The van der Waals surface area contributed by atoms with Crippen molar-refractivity contribution < 1.29 is 42.3 Å². The van der Waals surface area contributed by atoms with Gasteiger partial charge < -0.3 is 37.5 Å². The van der Waals surface area contributed by atoms with Crippen molar-refractivity contribution in [2.45, 2.75) is 83.3 Å². The van der Waals surface area contributed by atoms with E-state index >= 15 is 0 Å². The van der Waals surface area contributed by atoms with Crippen LogP contribution in [-0.2, 0) is 38.4 Å². The highest BCUT2D eigenvalue weighted by atomic mass is 32.2. The zero-order valence-electron chi connectivity index (χ0n) is 35.6. The predicted octanol–water partition coefficient (Wildman–Crippen LogP) is 6.91. The maximum atomic E-state index is 13.3. The van der Waals surface area contributed by atoms with Crippen LogP contribution in [0.2, 0.25) is 0 Å². The van der Waals surface area contributed by atoms with Crippen LogP contribution in [0.15, 0.2) is 101 Å². The van der Waals surface area contributed by atoms with Gasteiger partial charge in [0.15, 0.2) is 11.3 Å². The average molecular weight is 868 g/mol. The van der Waals surface area contributed by atoms with Crippen LogP contribution in [0.1, 0.15) is 64.0 Å². The maximum absolute atomic E-state index is 13.3. The Hall–Kier alpha value is -3.89. The first-order chi connectivity index (χ1) is 29.0. The number of aromatic amines is 1. The molecule has 16 heteroatoms. The number of thioether (sulfide) groups is 1. The Labute approximate surface area is 357 Å².